The van der Waals surface area contributed by atoms with Gasteiger partial charge >= 0.3 is 0 Å². The molecule has 2 aromatic heterocycles. The van der Waals surface area contributed by atoms with Gasteiger partial charge < -0.3 is 0 Å². The summed E-state index contributed by atoms with van der Waals surface area (Å²) in [5.41, 5.74) is 2.01. The van der Waals surface area contributed by atoms with Crippen LogP contribution in [0.15, 0.2) is 41.1 Å². The van der Waals surface area contributed by atoms with Crippen molar-refractivity contribution in [2.75, 3.05) is 0 Å². The van der Waals surface area contributed by atoms with Crippen LogP contribution in [0.4, 0.5) is 4.39 Å². The lowest BCUT2D eigenvalue weighted by atomic mass is 10.2. The van der Waals surface area contributed by atoms with E-state index in [2.05, 4.69) is 31.0 Å². The summed E-state index contributed by atoms with van der Waals surface area (Å²) >= 11 is 9.31. The lowest BCUT2D eigenvalue weighted by Gasteiger charge is -2.05. The second kappa shape index (κ2) is 5.54. The minimum atomic E-state index is -0.370. The molecule has 21 heavy (non-hydrogen) atoms. The molecule has 2 heterocycles. The Labute approximate surface area is 133 Å². The number of benzene rings is 1. The van der Waals surface area contributed by atoms with Gasteiger partial charge in [-0.2, -0.15) is 5.10 Å². The third kappa shape index (κ3) is 3.11. The number of rotatable bonds is 2. The number of hydrogen-bond donors (Lipinski definition) is 0. The molecule has 4 nitrogen and oxygen atoms in total. The number of aryl methyl sites for hydroxylation is 1. The number of nitrogens with zero attached hydrogens (tertiary/aromatic N) is 4. The Morgan fingerprint density at radius 1 is 1.14 bits per heavy atom. The van der Waals surface area contributed by atoms with E-state index in [4.69, 9.17) is 11.6 Å². The predicted molar refractivity (Wildman–Crippen MR) is 82.3 cm³/mol. The standard InChI is InChI=1S/C14H9BrClFN4/c1-21-7-9(6-18-21)12-5-13(16)20-14(19-12)8-2-10(15)4-11(17)3-8/h2-7H,1H3. The molecule has 0 atom stereocenters. The Morgan fingerprint density at radius 2 is 1.95 bits per heavy atom. The van der Waals surface area contributed by atoms with Gasteiger partial charge in [0.25, 0.3) is 0 Å². The fourth-order valence-corrected chi connectivity index (χ4v) is 2.58. The highest BCUT2D eigenvalue weighted by Gasteiger charge is 2.10. The van der Waals surface area contributed by atoms with Gasteiger partial charge in [-0.1, -0.05) is 27.5 Å². The third-order valence-electron chi connectivity index (χ3n) is 2.82. The molecule has 3 aromatic rings. The molecule has 0 fully saturated rings. The van der Waals surface area contributed by atoms with Gasteiger partial charge in [-0.05, 0) is 18.2 Å². The highest BCUT2D eigenvalue weighted by molar-refractivity contribution is 9.10. The van der Waals surface area contributed by atoms with Gasteiger partial charge in [0.1, 0.15) is 11.0 Å². The summed E-state index contributed by atoms with van der Waals surface area (Å²) in [5.74, 6) is -0.00701. The lowest BCUT2D eigenvalue weighted by Crippen LogP contribution is -1.93. The fourth-order valence-electron chi connectivity index (χ4n) is 1.93. The Bertz CT molecular complexity index is 798. The average Bonchev–Trinajstić information content (AvgIpc) is 2.83. The lowest BCUT2D eigenvalue weighted by molar-refractivity contribution is 0.627. The second-order valence-electron chi connectivity index (χ2n) is 4.46. The Balaban J connectivity index is 2.13. The molecule has 0 amide bonds. The van der Waals surface area contributed by atoms with E-state index in [1.165, 1.54) is 12.1 Å². The first-order chi connectivity index (χ1) is 10.0. The zero-order chi connectivity index (χ0) is 15.0. The molecule has 0 radical (unpaired) electrons. The van der Waals surface area contributed by atoms with Crippen LogP contribution < -0.4 is 0 Å². The Hall–Kier alpha value is -1.79. The molecule has 0 N–H and O–H groups in total. The first kappa shape index (κ1) is 14.2. The molecular weight excluding hydrogens is 359 g/mol. The average molecular weight is 368 g/mol. The van der Waals surface area contributed by atoms with Crippen molar-refractivity contribution in [1.29, 1.82) is 0 Å². The molecule has 7 heteroatoms. The van der Waals surface area contributed by atoms with Gasteiger partial charge in [0.2, 0.25) is 0 Å². The van der Waals surface area contributed by atoms with Gasteiger partial charge in [0.15, 0.2) is 5.82 Å². The van der Waals surface area contributed by atoms with E-state index in [-0.39, 0.29) is 5.82 Å². The van der Waals surface area contributed by atoms with E-state index < -0.39 is 0 Å². The highest BCUT2D eigenvalue weighted by Crippen LogP contribution is 2.26. The second-order valence-corrected chi connectivity index (χ2v) is 5.76. The van der Waals surface area contributed by atoms with Crippen LogP contribution in [-0.2, 0) is 7.05 Å². The van der Waals surface area contributed by atoms with E-state index in [1.54, 1.807) is 23.0 Å². The monoisotopic (exact) mass is 366 g/mol. The van der Waals surface area contributed by atoms with Crippen LogP contribution in [0, 0.1) is 5.82 Å². The molecule has 0 spiro atoms. The molecule has 3 rings (SSSR count). The topological polar surface area (TPSA) is 43.6 Å². The van der Waals surface area contributed by atoms with Crippen molar-refractivity contribution < 1.29 is 4.39 Å². The maximum Gasteiger partial charge on any atom is 0.161 e. The molecule has 0 aliphatic rings. The third-order valence-corrected chi connectivity index (χ3v) is 3.47. The predicted octanol–water partition coefficient (Wildman–Crippen LogP) is 4.10. The molecule has 1 aromatic carbocycles. The summed E-state index contributed by atoms with van der Waals surface area (Å²) in [7, 11) is 1.82. The maximum absolute atomic E-state index is 13.5. The van der Waals surface area contributed by atoms with Crippen molar-refractivity contribution in [2.45, 2.75) is 0 Å². The summed E-state index contributed by atoms with van der Waals surface area (Å²) in [4.78, 5) is 8.59. The van der Waals surface area contributed by atoms with Crippen molar-refractivity contribution in [3.63, 3.8) is 0 Å². The van der Waals surface area contributed by atoms with Gasteiger partial charge in [-0.25, -0.2) is 14.4 Å². The van der Waals surface area contributed by atoms with Gasteiger partial charge in [0.05, 0.1) is 11.9 Å². The van der Waals surface area contributed by atoms with Crippen LogP contribution in [0.2, 0.25) is 5.15 Å². The van der Waals surface area contributed by atoms with E-state index in [0.717, 1.165) is 5.56 Å². The first-order valence-electron chi connectivity index (χ1n) is 6.01. The number of aromatic nitrogens is 4. The zero-order valence-corrected chi connectivity index (χ0v) is 13.2. The first-order valence-corrected chi connectivity index (χ1v) is 7.18. The van der Waals surface area contributed by atoms with Crippen LogP contribution >= 0.6 is 27.5 Å². The van der Waals surface area contributed by atoms with Crippen molar-refractivity contribution in [2.24, 2.45) is 7.05 Å². The van der Waals surface area contributed by atoms with Crippen LogP contribution in [0.3, 0.4) is 0 Å². The molecular formula is C14H9BrClFN4. The highest BCUT2D eigenvalue weighted by atomic mass is 79.9. The summed E-state index contributed by atoms with van der Waals surface area (Å²) in [6.45, 7) is 0. The van der Waals surface area contributed by atoms with Crippen molar-refractivity contribution in [3.8, 4) is 22.6 Å². The van der Waals surface area contributed by atoms with Crippen molar-refractivity contribution in [1.82, 2.24) is 19.7 Å². The van der Waals surface area contributed by atoms with E-state index >= 15 is 0 Å². The summed E-state index contributed by atoms with van der Waals surface area (Å²) in [6.07, 6.45) is 3.51. The van der Waals surface area contributed by atoms with Gasteiger partial charge in [-0.15, -0.1) is 0 Å². The van der Waals surface area contributed by atoms with E-state index in [1.807, 2.05) is 13.2 Å². The molecule has 0 aliphatic heterocycles. The molecule has 0 aliphatic carbocycles. The summed E-state index contributed by atoms with van der Waals surface area (Å²) < 4.78 is 15.8. The molecule has 106 valence electrons. The van der Waals surface area contributed by atoms with E-state index in [9.17, 15) is 4.39 Å². The van der Waals surface area contributed by atoms with Crippen LogP contribution in [0.1, 0.15) is 0 Å². The van der Waals surface area contributed by atoms with Crippen LogP contribution in [0.25, 0.3) is 22.6 Å². The van der Waals surface area contributed by atoms with Crippen LogP contribution in [0.5, 0.6) is 0 Å². The molecule has 0 unspecified atom stereocenters. The maximum atomic E-state index is 13.5. The van der Waals surface area contributed by atoms with Crippen molar-refractivity contribution >= 4 is 27.5 Å². The minimum absolute atomic E-state index is 0.291. The molecule has 0 bridgehead atoms. The normalized spacial score (nSPS) is 10.9. The number of hydrogen-bond acceptors (Lipinski definition) is 3. The SMILES string of the molecule is Cn1cc(-c2cc(Cl)nc(-c3cc(F)cc(Br)c3)n2)cn1. The smallest absolute Gasteiger partial charge is 0.161 e. The fraction of sp³-hybridized carbons (Fsp3) is 0.0714. The largest absolute Gasteiger partial charge is 0.275 e. The van der Waals surface area contributed by atoms with E-state index in [0.29, 0.717) is 26.7 Å². The van der Waals surface area contributed by atoms with Gasteiger partial charge in [0, 0.05) is 34.9 Å². The molecule has 0 saturated carbocycles. The zero-order valence-electron chi connectivity index (χ0n) is 10.9. The Morgan fingerprint density at radius 3 is 2.62 bits per heavy atom. The number of halogens is 3. The van der Waals surface area contributed by atoms with Gasteiger partial charge in [-0.3, -0.25) is 4.68 Å². The van der Waals surface area contributed by atoms with Crippen molar-refractivity contribution in [3.05, 3.63) is 52.1 Å². The summed E-state index contributed by atoms with van der Waals surface area (Å²) in [5, 5.41) is 4.39. The minimum Gasteiger partial charge on any atom is -0.275 e. The Kier molecular flexibility index (Phi) is 3.73. The quantitative estimate of drug-likeness (QED) is 0.641. The van der Waals surface area contributed by atoms with Crippen LogP contribution in [-0.4, -0.2) is 19.7 Å². The molecule has 0 saturated heterocycles. The summed E-state index contributed by atoms with van der Waals surface area (Å²) in [6, 6.07) is 6.12.